The van der Waals surface area contributed by atoms with E-state index in [9.17, 15) is 9.59 Å². The van der Waals surface area contributed by atoms with Crippen LogP contribution in [-0.4, -0.2) is 44.5 Å². The average molecular weight is 519 g/mol. The molecule has 7 nitrogen and oxygen atoms in total. The number of ether oxygens (including phenoxy) is 3. The molecule has 0 fully saturated rings. The summed E-state index contributed by atoms with van der Waals surface area (Å²) in [7, 11) is 4.56. The minimum Gasteiger partial charge on any atom is -0.494 e. The maximum atomic E-state index is 13.4. The molecule has 192 valence electrons. The van der Waals surface area contributed by atoms with Gasteiger partial charge in [-0.3, -0.25) is 9.59 Å². The molecule has 37 heavy (non-hydrogen) atoms. The summed E-state index contributed by atoms with van der Waals surface area (Å²) < 4.78 is 17.4. The lowest BCUT2D eigenvalue weighted by Gasteiger charge is -2.17. The lowest BCUT2D eigenvalue weighted by atomic mass is 9.97. The van der Waals surface area contributed by atoms with Crippen LogP contribution in [0, 0.1) is 6.92 Å². The molecule has 0 bridgehead atoms. The zero-order valence-corrected chi connectivity index (χ0v) is 22.6. The number of ketones is 1. The lowest BCUT2D eigenvalue weighted by Crippen LogP contribution is -2.30. The Morgan fingerprint density at radius 1 is 1.00 bits per heavy atom. The number of rotatable bonds is 9. The fourth-order valence-corrected chi connectivity index (χ4v) is 5.29. The molecule has 2 aromatic carbocycles. The SMILES string of the molecule is COc1ccc(C(=O)NCC(=O)c2nc(-c3csc4c(C)cccc34)cc(C(C)C)c2OC)cc1OC. The molecule has 0 aliphatic rings. The number of amides is 1. The maximum absolute atomic E-state index is 13.4. The van der Waals surface area contributed by atoms with E-state index in [4.69, 9.17) is 19.2 Å². The maximum Gasteiger partial charge on any atom is 0.251 e. The third-order valence-electron chi connectivity index (χ3n) is 6.22. The van der Waals surface area contributed by atoms with Crippen LogP contribution >= 0.6 is 11.3 Å². The van der Waals surface area contributed by atoms with Gasteiger partial charge in [-0.2, -0.15) is 0 Å². The summed E-state index contributed by atoms with van der Waals surface area (Å²) in [5.74, 6) is 0.713. The highest BCUT2D eigenvalue weighted by Gasteiger charge is 2.23. The summed E-state index contributed by atoms with van der Waals surface area (Å²) in [6, 6.07) is 13.0. The van der Waals surface area contributed by atoms with E-state index in [1.165, 1.54) is 31.6 Å². The van der Waals surface area contributed by atoms with Crippen molar-refractivity contribution >= 4 is 33.1 Å². The number of aromatic nitrogens is 1. The van der Waals surface area contributed by atoms with E-state index in [2.05, 4.69) is 29.8 Å². The summed E-state index contributed by atoms with van der Waals surface area (Å²) in [6.07, 6.45) is 0. The molecule has 8 heteroatoms. The smallest absolute Gasteiger partial charge is 0.251 e. The number of Topliss-reactive ketones (excluding diaryl/α,β-unsaturated/α-hetero) is 1. The molecule has 0 unspecified atom stereocenters. The summed E-state index contributed by atoms with van der Waals surface area (Å²) in [6.45, 7) is 5.94. The predicted molar refractivity (Wildman–Crippen MR) is 147 cm³/mol. The fourth-order valence-electron chi connectivity index (χ4n) is 4.25. The van der Waals surface area contributed by atoms with Crippen molar-refractivity contribution in [3.05, 3.63) is 70.2 Å². The predicted octanol–water partition coefficient (Wildman–Crippen LogP) is 6.03. The van der Waals surface area contributed by atoms with Crippen molar-refractivity contribution in [3.63, 3.8) is 0 Å². The molecule has 0 spiro atoms. The first kappa shape index (κ1) is 26.2. The number of hydrogen-bond acceptors (Lipinski definition) is 7. The number of carbonyl (C=O) groups excluding carboxylic acids is 2. The molecular formula is C29H30N2O5S. The highest BCUT2D eigenvalue weighted by molar-refractivity contribution is 7.18. The molecule has 0 aliphatic heterocycles. The number of thiophene rings is 1. The Morgan fingerprint density at radius 3 is 2.43 bits per heavy atom. The quantitative estimate of drug-likeness (QED) is 0.272. The highest BCUT2D eigenvalue weighted by Crippen LogP contribution is 2.39. The van der Waals surface area contributed by atoms with E-state index >= 15 is 0 Å². The summed E-state index contributed by atoms with van der Waals surface area (Å²) in [4.78, 5) is 31.0. The Bertz CT molecular complexity index is 1470. The number of nitrogens with one attached hydrogen (secondary N) is 1. The number of benzene rings is 2. The van der Waals surface area contributed by atoms with Gasteiger partial charge < -0.3 is 19.5 Å². The zero-order chi connectivity index (χ0) is 26.7. The Morgan fingerprint density at radius 2 is 1.76 bits per heavy atom. The van der Waals surface area contributed by atoms with E-state index in [1.54, 1.807) is 29.5 Å². The highest BCUT2D eigenvalue weighted by atomic mass is 32.1. The fraction of sp³-hybridized carbons (Fsp3) is 0.276. The van der Waals surface area contributed by atoms with Crippen LogP contribution in [0.1, 0.15) is 51.7 Å². The van der Waals surface area contributed by atoms with E-state index in [-0.39, 0.29) is 23.9 Å². The van der Waals surface area contributed by atoms with E-state index in [0.29, 0.717) is 28.5 Å². The average Bonchev–Trinajstić information content (AvgIpc) is 3.35. The van der Waals surface area contributed by atoms with Crippen molar-refractivity contribution in [3.8, 4) is 28.5 Å². The first-order chi connectivity index (χ1) is 17.8. The largest absolute Gasteiger partial charge is 0.494 e. The van der Waals surface area contributed by atoms with Crippen LogP contribution in [0.15, 0.2) is 47.8 Å². The zero-order valence-electron chi connectivity index (χ0n) is 21.8. The second kappa shape index (κ2) is 11.0. The molecule has 0 radical (unpaired) electrons. The lowest BCUT2D eigenvalue weighted by molar-refractivity contribution is 0.0900. The first-order valence-electron chi connectivity index (χ1n) is 11.9. The van der Waals surface area contributed by atoms with Crippen LogP contribution in [0.3, 0.4) is 0 Å². The standard InChI is InChI=1S/C29H30N2O5S/c1-16(2)20-13-22(21-15-37-28-17(3)8-7-9-19(21)28)31-26(27(20)36-6)23(32)14-30-29(33)18-10-11-24(34-4)25(12-18)35-5/h7-13,15-16H,14H2,1-6H3,(H,30,33). The normalized spacial score (nSPS) is 11.0. The summed E-state index contributed by atoms with van der Waals surface area (Å²) in [5.41, 5.74) is 4.30. The van der Waals surface area contributed by atoms with Crippen LogP contribution in [0.4, 0.5) is 0 Å². The Balaban J connectivity index is 1.67. The van der Waals surface area contributed by atoms with Crippen molar-refractivity contribution < 1.29 is 23.8 Å². The second-order valence-corrected chi connectivity index (χ2v) is 9.79. The molecule has 1 amide bonds. The van der Waals surface area contributed by atoms with Crippen LogP contribution < -0.4 is 19.5 Å². The number of fused-ring (bicyclic) bond motifs is 1. The second-order valence-electron chi connectivity index (χ2n) is 8.91. The molecule has 0 saturated heterocycles. The number of nitrogens with zero attached hydrogens (tertiary/aromatic N) is 1. The van der Waals surface area contributed by atoms with Gasteiger partial charge in [-0.05, 0) is 42.7 Å². The molecule has 4 aromatic rings. The van der Waals surface area contributed by atoms with Gasteiger partial charge >= 0.3 is 0 Å². The third kappa shape index (κ3) is 5.15. The molecule has 0 atom stereocenters. The molecule has 2 aromatic heterocycles. The van der Waals surface area contributed by atoms with Gasteiger partial charge in [-0.1, -0.05) is 32.0 Å². The monoisotopic (exact) mass is 518 g/mol. The van der Waals surface area contributed by atoms with Gasteiger partial charge in [-0.25, -0.2) is 4.98 Å². The van der Waals surface area contributed by atoms with Gasteiger partial charge in [0.05, 0.1) is 33.6 Å². The third-order valence-corrected chi connectivity index (χ3v) is 7.35. The number of methoxy groups -OCH3 is 3. The van der Waals surface area contributed by atoms with Crippen LogP contribution in [-0.2, 0) is 0 Å². The molecule has 1 N–H and O–H groups in total. The number of pyridine rings is 1. The number of carbonyl (C=O) groups is 2. The van der Waals surface area contributed by atoms with Gasteiger partial charge in [0, 0.05) is 32.2 Å². The summed E-state index contributed by atoms with van der Waals surface area (Å²) >= 11 is 1.66. The Labute approximate surface area is 220 Å². The van der Waals surface area contributed by atoms with Crippen molar-refractivity contribution in [1.82, 2.24) is 10.3 Å². The van der Waals surface area contributed by atoms with Gasteiger partial charge in [0.2, 0.25) is 5.78 Å². The van der Waals surface area contributed by atoms with E-state index in [0.717, 1.165) is 16.5 Å². The number of hydrogen-bond donors (Lipinski definition) is 1. The topological polar surface area (TPSA) is 86.8 Å². The van der Waals surface area contributed by atoms with Crippen LogP contribution in [0.5, 0.6) is 17.2 Å². The Hall–Kier alpha value is -3.91. The van der Waals surface area contributed by atoms with E-state index < -0.39 is 5.91 Å². The van der Waals surface area contributed by atoms with Crippen LogP contribution in [0.25, 0.3) is 21.3 Å². The summed E-state index contributed by atoms with van der Waals surface area (Å²) in [5, 5.41) is 5.87. The minimum atomic E-state index is -0.409. The van der Waals surface area contributed by atoms with Crippen LogP contribution in [0.2, 0.25) is 0 Å². The van der Waals surface area contributed by atoms with Crippen molar-refractivity contribution in [1.29, 1.82) is 0 Å². The Kier molecular flexibility index (Phi) is 7.78. The number of aryl methyl sites for hydroxylation is 1. The van der Waals surface area contributed by atoms with Gasteiger partial charge in [-0.15, -0.1) is 11.3 Å². The van der Waals surface area contributed by atoms with Gasteiger partial charge in [0.25, 0.3) is 5.91 Å². The van der Waals surface area contributed by atoms with E-state index in [1.807, 2.05) is 26.0 Å². The molecule has 4 rings (SSSR count). The molecule has 0 saturated carbocycles. The van der Waals surface area contributed by atoms with Gasteiger partial charge in [0.15, 0.2) is 22.9 Å². The minimum absolute atomic E-state index is 0.0937. The first-order valence-corrected chi connectivity index (χ1v) is 12.8. The molecular weight excluding hydrogens is 488 g/mol. The molecule has 2 heterocycles. The van der Waals surface area contributed by atoms with Crippen molar-refractivity contribution in [2.24, 2.45) is 0 Å². The van der Waals surface area contributed by atoms with Crippen molar-refractivity contribution in [2.75, 3.05) is 27.9 Å². The molecule has 0 aliphatic carbocycles. The van der Waals surface area contributed by atoms with Gasteiger partial charge in [0.1, 0.15) is 0 Å². The van der Waals surface area contributed by atoms with Crippen molar-refractivity contribution in [2.45, 2.75) is 26.7 Å².